The molecule has 0 saturated carbocycles. The van der Waals surface area contributed by atoms with Gasteiger partial charge < -0.3 is 4.90 Å². The van der Waals surface area contributed by atoms with Crippen LogP contribution in [0.3, 0.4) is 0 Å². The van der Waals surface area contributed by atoms with Gasteiger partial charge in [0.05, 0.1) is 0 Å². The van der Waals surface area contributed by atoms with Gasteiger partial charge in [0.2, 0.25) is 5.91 Å². The summed E-state index contributed by atoms with van der Waals surface area (Å²) in [6.45, 7) is 0.776. The summed E-state index contributed by atoms with van der Waals surface area (Å²) in [5.41, 5.74) is 2.29. The van der Waals surface area contributed by atoms with Crippen molar-refractivity contribution < 1.29 is 4.79 Å². The van der Waals surface area contributed by atoms with Crippen LogP contribution in [0.25, 0.3) is 10.8 Å². The lowest BCUT2D eigenvalue weighted by Crippen LogP contribution is -2.24. The Bertz CT molecular complexity index is 838. The van der Waals surface area contributed by atoms with Crippen molar-refractivity contribution in [2.45, 2.75) is 6.42 Å². The number of hydrogen-bond donors (Lipinski definition) is 0. The third-order valence-electron chi connectivity index (χ3n) is 4.19. The first kappa shape index (κ1) is 13.8. The molecule has 1 aromatic heterocycles. The highest BCUT2D eigenvalue weighted by Gasteiger charge is 2.32. The maximum absolute atomic E-state index is 12.4. The van der Waals surface area contributed by atoms with Gasteiger partial charge in [0.15, 0.2) is 0 Å². The molecule has 2 aliphatic rings. The van der Waals surface area contributed by atoms with E-state index in [1.165, 1.54) is 5.57 Å². The first-order valence-electron chi connectivity index (χ1n) is 7.27. The number of fused-ring (bicyclic) bond motifs is 1. The number of halogens is 1. The molecule has 22 heavy (non-hydrogen) atoms. The van der Waals surface area contributed by atoms with Gasteiger partial charge in [0.25, 0.3) is 0 Å². The number of nitrogens with zero attached hydrogens (tertiary/aromatic N) is 2. The van der Waals surface area contributed by atoms with Crippen LogP contribution in [0.5, 0.6) is 0 Å². The highest BCUT2D eigenvalue weighted by Crippen LogP contribution is 2.32. The fourth-order valence-electron chi connectivity index (χ4n) is 3.01. The lowest BCUT2D eigenvalue weighted by molar-refractivity contribution is -0.117. The number of allylic oxidation sites excluding steroid dienone is 2. The Labute approximate surface area is 139 Å². The first-order valence-corrected chi connectivity index (χ1v) is 9.76. The molecule has 0 N–H and O–H groups in total. The van der Waals surface area contributed by atoms with Crippen molar-refractivity contribution in [2.75, 3.05) is 11.4 Å². The molecule has 1 amide bonds. The number of rotatable bonds is 2. The fraction of sp³-hybridized carbons (Fsp3) is 0.167. The zero-order valence-electron chi connectivity index (χ0n) is 11.9. The number of hydrogen-bond acceptors (Lipinski definition) is 2. The smallest absolute Gasteiger partial charge is 0.227 e. The molecule has 1 fully saturated rings. The van der Waals surface area contributed by atoms with E-state index in [4.69, 9.17) is 0 Å². The molecule has 3 heterocycles. The van der Waals surface area contributed by atoms with Gasteiger partial charge in [-0.05, 0) is 37.3 Å². The zero-order chi connectivity index (χ0) is 14.9. The van der Waals surface area contributed by atoms with Gasteiger partial charge in [-0.15, -0.1) is 0 Å². The number of benzene rings is 1. The maximum atomic E-state index is 12.4. The maximum Gasteiger partial charge on any atom is 0.227 e. The van der Waals surface area contributed by atoms with Crippen molar-refractivity contribution in [1.82, 2.24) is 4.98 Å². The zero-order valence-corrected chi connectivity index (χ0v) is 14.1. The summed E-state index contributed by atoms with van der Waals surface area (Å²) in [4.78, 5) is 18.5. The van der Waals surface area contributed by atoms with Crippen LogP contribution < -0.4 is 4.90 Å². The van der Waals surface area contributed by atoms with E-state index in [9.17, 15) is 4.79 Å². The first-order chi connectivity index (χ1) is 10.8. The molecular weight excluding hydrogens is 387 g/mol. The van der Waals surface area contributed by atoms with Gasteiger partial charge in [0, 0.05) is 42.4 Å². The minimum absolute atomic E-state index is 0.0980. The topological polar surface area (TPSA) is 33.2 Å². The average molecular weight is 402 g/mol. The predicted molar refractivity (Wildman–Crippen MR) is 99.5 cm³/mol. The van der Waals surface area contributed by atoms with E-state index in [-0.39, 0.29) is 26.6 Å². The molecular formula is C18H15IN2O. The molecule has 1 unspecified atom stereocenters. The molecule has 110 valence electrons. The molecule has 1 aromatic carbocycles. The molecule has 0 spiro atoms. The molecule has 0 radical (unpaired) electrons. The van der Waals surface area contributed by atoms with Crippen LogP contribution in [0, 0.1) is 5.92 Å². The molecule has 1 saturated heterocycles. The predicted octanol–water partition coefficient (Wildman–Crippen LogP) is 3.81. The van der Waals surface area contributed by atoms with Gasteiger partial charge in [0.1, 0.15) is 0 Å². The minimum Gasteiger partial charge on any atom is -0.312 e. The van der Waals surface area contributed by atoms with Gasteiger partial charge in [-0.25, -0.2) is 0 Å². The lowest BCUT2D eigenvalue weighted by atomic mass is 9.98. The standard InChI is InChI=1S/C18H15IN2O/c22-18-10-16(13-3-6-19-7-4-13)12-21(18)17-2-1-15-11-20-8-5-14(15)9-17/h1-9,11,16H,10,12H2. The Morgan fingerprint density at radius 1 is 1.23 bits per heavy atom. The lowest BCUT2D eigenvalue weighted by Gasteiger charge is -2.18. The Morgan fingerprint density at radius 3 is 3.05 bits per heavy atom. The Kier molecular flexibility index (Phi) is 3.62. The SMILES string of the molecule is O=C1CC(C2=CC=IC=C2)CN1c1ccc2cnccc2c1. The largest absolute Gasteiger partial charge is 0.312 e. The Hall–Kier alpha value is -1.82. The van der Waals surface area contributed by atoms with E-state index in [1.807, 2.05) is 29.3 Å². The molecule has 0 aliphatic carbocycles. The normalized spacial score (nSPS) is 21.1. The van der Waals surface area contributed by atoms with Crippen LogP contribution in [0.2, 0.25) is 0 Å². The van der Waals surface area contributed by atoms with Crippen molar-refractivity contribution in [2.24, 2.45) is 5.92 Å². The highest BCUT2D eigenvalue weighted by molar-refractivity contribution is 14.2. The highest BCUT2D eigenvalue weighted by atomic mass is 127. The van der Waals surface area contributed by atoms with E-state index >= 15 is 0 Å². The molecule has 2 aliphatic heterocycles. The third-order valence-corrected chi connectivity index (χ3v) is 5.74. The van der Waals surface area contributed by atoms with Crippen molar-refractivity contribution >= 4 is 47.1 Å². The van der Waals surface area contributed by atoms with Crippen molar-refractivity contribution in [3.8, 4) is 0 Å². The molecule has 0 bridgehead atoms. The van der Waals surface area contributed by atoms with Gasteiger partial charge >= 0.3 is 0 Å². The molecule has 4 heteroatoms. The van der Waals surface area contributed by atoms with Crippen LogP contribution >= 0.6 is 20.7 Å². The summed E-state index contributed by atoms with van der Waals surface area (Å²) in [6.07, 6.45) is 8.67. The minimum atomic E-state index is 0.0980. The number of aromatic nitrogens is 1. The summed E-state index contributed by atoms with van der Waals surface area (Å²) in [7, 11) is 0. The fourth-order valence-corrected chi connectivity index (χ4v) is 4.49. The number of amides is 1. The second-order valence-electron chi connectivity index (χ2n) is 5.52. The van der Waals surface area contributed by atoms with Crippen molar-refractivity contribution in [1.29, 1.82) is 0 Å². The average Bonchev–Trinajstić information content (AvgIpc) is 2.97. The summed E-state index contributed by atoms with van der Waals surface area (Å²) in [5, 5.41) is 2.23. The Balaban J connectivity index is 1.64. The third kappa shape index (κ3) is 2.52. The van der Waals surface area contributed by atoms with E-state index in [0.29, 0.717) is 12.3 Å². The summed E-state index contributed by atoms with van der Waals surface area (Å²) in [6, 6.07) is 8.13. The van der Waals surface area contributed by atoms with Gasteiger partial charge in [-0.1, -0.05) is 38.9 Å². The number of anilines is 1. The van der Waals surface area contributed by atoms with Gasteiger partial charge in [-0.3, -0.25) is 9.78 Å². The van der Waals surface area contributed by atoms with Crippen molar-refractivity contribution in [3.63, 3.8) is 0 Å². The van der Waals surface area contributed by atoms with E-state index in [0.717, 1.165) is 23.0 Å². The second kappa shape index (κ2) is 5.76. The monoisotopic (exact) mass is 402 g/mol. The van der Waals surface area contributed by atoms with Crippen LogP contribution in [0.15, 0.2) is 58.5 Å². The molecule has 4 rings (SSSR count). The quantitative estimate of drug-likeness (QED) is 0.716. The molecule has 1 atom stereocenters. The van der Waals surface area contributed by atoms with E-state index in [2.05, 4.69) is 31.3 Å². The summed E-state index contributed by atoms with van der Waals surface area (Å²) >= 11 is 0.0980. The molecule has 2 aromatic rings. The van der Waals surface area contributed by atoms with E-state index < -0.39 is 0 Å². The van der Waals surface area contributed by atoms with Crippen LogP contribution in [-0.2, 0) is 4.79 Å². The second-order valence-corrected chi connectivity index (χ2v) is 7.68. The number of carbonyl (C=O) groups excluding carboxylic acids is 1. The summed E-state index contributed by atoms with van der Waals surface area (Å²) in [5.74, 6) is 0.533. The summed E-state index contributed by atoms with van der Waals surface area (Å²) < 4.78 is 4.54. The Morgan fingerprint density at radius 2 is 2.18 bits per heavy atom. The van der Waals surface area contributed by atoms with Crippen LogP contribution in [0.4, 0.5) is 5.69 Å². The van der Waals surface area contributed by atoms with Crippen LogP contribution in [-0.4, -0.2) is 21.4 Å². The molecule has 3 nitrogen and oxygen atoms in total. The number of carbonyl (C=O) groups is 1. The van der Waals surface area contributed by atoms with Crippen LogP contribution in [0.1, 0.15) is 6.42 Å². The van der Waals surface area contributed by atoms with E-state index in [1.54, 1.807) is 6.20 Å². The van der Waals surface area contributed by atoms with Crippen molar-refractivity contribution in [3.05, 3.63) is 58.5 Å². The van der Waals surface area contributed by atoms with Gasteiger partial charge in [-0.2, -0.15) is 0 Å². The number of pyridine rings is 1.